The fourth-order valence-corrected chi connectivity index (χ4v) is 1.92. The van der Waals surface area contributed by atoms with E-state index in [1.165, 1.54) is 11.3 Å². The molecule has 92 valence electrons. The average Bonchev–Trinajstić information content (AvgIpc) is 2.82. The molecule has 2 aromatic rings. The molecule has 2 rings (SSSR count). The van der Waals surface area contributed by atoms with E-state index in [4.69, 9.17) is 0 Å². The van der Waals surface area contributed by atoms with Gasteiger partial charge in [0.2, 0.25) is 5.13 Å². The lowest BCUT2D eigenvalue weighted by Crippen LogP contribution is -2.04. The van der Waals surface area contributed by atoms with Gasteiger partial charge in [-0.15, -0.1) is 10.2 Å². The molecule has 0 saturated heterocycles. The Bertz CT molecular complexity index is 503. The largest absolute Gasteiger partial charge is 0.419 e. The van der Waals surface area contributed by atoms with Gasteiger partial charge in [0.25, 0.3) is 0 Å². The number of hydrogen-bond acceptors (Lipinski definition) is 5. The molecule has 17 heavy (non-hydrogen) atoms. The van der Waals surface area contributed by atoms with Crippen molar-refractivity contribution < 1.29 is 13.2 Å². The molecule has 0 aliphatic carbocycles. The third-order valence-corrected chi connectivity index (χ3v) is 2.80. The Labute approximate surface area is 98.3 Å². The molecule has 0 saturated carbocycles. The van der Waals surface area contributed by atoms with Crippen molar-refractivity contribution in [1.82, 2.24) is 25.3 Å². The minimum atomic E-state index is -4.39. The molecule has 9 heteroatoms. The van der Waals surface area contributed by atoms with Gasteiger partial charge in [0.05, 0.1) is 11.8 Å². The highest BCUT2D eigenvalue weighted by Gasteiger charge is 2.32. The molecule has 2 aromatic heterocycles. The van der Waals surface area contributed by atoms with Gasteiger partial charge < -0.3 is 5.32 Å². The first-order valence-corrected chi connectivity index (χ1v) is 5.41. The highest BCUT2D eigenvalue weighted by molar-refractivity contribution is 7.13. The molecule has 0 spiro atoms. The van der Waals surface area contributed by atoms with E-state index < -0.39 is 11.7 Å². The minimum absolute atomic E-state index is 0.311. The first-order chi connectivity index (χ1) is 8.00. The standard InChI is InChI=1S/C8H8F3N5S/c1-12-3-6-14-15-7(17-6)16-4-5(2-13-16)8(9,10)11/h2,4,12H,3H2,1H3. The third kappa shape index (κ3) is 2.61. The van der Waals surface area contributed by atoms with Crippen molar-refractivity contribution in [2.24, 2.45) is 0 Å². The second-order valence-corrected chi connectivity index (χ2v) is 4.22. The predicted octanol–water partition coefficient (Wildman–Crippen LogP) is 1.46. The van der Waals surface area contributed by atoms with Gasteiger partial charge >= 0.3 is 6.18 Å². The lowest BCUT2D eigenvalue weighted by molar-refractivity contribution is -0.137. The molecule has 0 fully saturated rings. The van der Waals surface area contributed by atoms with Crippen LogP contribution in [0.25, 0.3) is 5.13 Å². The number of aromatic nitrogens is 4. The summed E-state index contributed by atoms with van der Waals surface area (Å²) >= 11 is 1.18. The normalized spacial score (nSPS) is 12.0. The van der Waals surface area contributed by atoms with Crippen molar-refractivity contribution in [2.45, 2.75) is 12.7 Å². The van der Waals surface area contributed by atoms with E-state index in [0.29, 0.717) is 16.7 Å². The number of halogens is 3. The van der Waals surface area contributed by atoms with E-state index in [2.05, 4.69) is 20.6 Å². The zero-order valence-electron chi connectivity index (χ0n) is 8.69. The summed E-state index contributed by atoms with van der Waals surface area (Å²) in [5.41, 5.74) is -0.803. The maximum absolute atomic E-state index is 12.3. The van der Waals surface area contributed by atoms with Gasteiger partial charge in [-0.2, -0.15) is 18.3 Å². The molecular formula is C8H8F3N5S. The van der Waals surface area contributed by atoms with Gasteiger partial charge in [0.15, 0.2) is 0 Å². The van der Waals surface area contributed by atoms with Gasteiger partial charge in [-0.1, -0.05) is 11.3 Å². The maximum Gasteiger partial charge on any atom is 0.419 e. The Morgan fingerprint density at radius 1 is 1.41 bits per heavy atom. The number of rotatable bonds is 3. The summed E-state index contributed by atoms with van der Waals surface area (Å²) in [4.78, 5) is 0. The summed E-state index contributed by atoms with van der Waals surface area (Å²) in [6.45, 7) is 0.519. The highest BCUT2D eigenvalue weighted by atomic mass is 32.1. The summed E-state index contributed by atoms with van der Waals surface area (Å²) in [5, 5.41) is 15.1. The molecule has 1 N–H and O–H groups in total. The molecular weight excluding hydrogens is 255 g/mol. The van der Waals surface area contributed by atoms with E-state index in [9.17, 15) is 13.2 Å². The van der Waals surface area contributed by atoms with E-state index in [-0.39, 0.29) is 0 Å². The van der Waals surface area contributed by atoms with Crippen molar-refractivity contribution in [3.63, 3.8) is 0 Å². The predicted molar refractivity (Wildman–Crippen MR) is 54.8 cm³/mol. The van der Waals surface area contributed by atoms with Gasteiger partial charge in [-0.3, -0.25) is 0 Å². The first-order valence-electron chi connectivity index (χ1n) is 4.60. The highest BCUT2D eigenvalue weighted by Crippen LogP contribution is 2.29. The third-order valence-electron chi connectivity index (χ3n) is 1.89. The SMILES string of the molecule is CNCc1nnc(-n2cc(C(F)(F)F)cn2)s1. The fraction of sp³-hybridized carbons (Fsp3) is 0.375. The van der Waals surface area contributed by atoms with Crippen LogP contribution in [0.1, 0.15) is 10.6 Å². The topological polar surface area (TPSA) is 55.6 Å². The molecule has 0 radical (unpaired) electrons. The fourth-order valence-electron chi connectivity index (χ4n) is 1.13. The van der Waals surface area contributed by atoms with Gasteiger partial charge in [0.1, 0.15) is 5.01 Å². The summed E-state index contributed by atoms with van der Waals surface area (Å²) in [7, 11) is 1.75. The monoisotopic (exact) mass is 263 g/mol. The molecule has 0 aliphatic rings. The van der Waals surface area contributed by atoms with Crippen LogP contribution in [-0.2, 0) is 12.7 Å². The number of alkyl halides is 3. The molecule has 0 amide bonds. The quantitative estimate of drug-likeness (QED) is 0.911. The van der Waals surface area contributed by atoms with Crippen LogP contribution in [0.3, 0.4) is 0 Å². The van der Waals surface area contributed by atoms with E-state index in [1.54, 1.807) is 7.05 Å². The van der Waals surface area contributed by atoms with Crippen LogP contribution < -0.4 is 5.32 Å². The summed E-state index contributed by atoms with van der Waals surface area (Å²) < 4.78 is 38.1. The Morgan fingerprint density at radius 3 is 2.76 bits per heavy atom. The molecule has 0 bridgehead atoms. The number of nitrogens with zero attached hydrogens (tertiary/aromatic N) is 4. The Balaban J connectivity index is 2.24. The number of nitrogens with one attached hydrogen (secondary N) is 1. The van der Waals surface area contributed by atoms with Crippen LogP contribution >= 0.6 is 11.3 Å². The average molecular weight is 263 g/mol. The van der Waals surface area contributed by atoms with Crippen LogP contribution in [0, 0.1) is 0 Å². The zero-order chi connectivity index (χ0) is 12.5. The van der Waals surface area contributed by atoms with Crippen LogP contribution in [0.2, 0.25) is 0 Å². The molecule has 2 heterocycles. The van der Waals surface area contributed by atoms with Gasteiger partial charge in [-0.25, -0.2) is 4.68 Å². The molecule has 5 nitrogen and oxygen atoms in total. The van der Waals surface area contributed by atoms with Crippen molar-refractivity contribution in [3.8, 4) is 5.13 Å². The van der Waals surface area contributed by atoms with Crippen molar-refractivity contribution in [2.75, 3.05) is 7.05 Å². The smallest absolute Gasteiger partial charge is 0.313 e. The summed E-state index contributed by atoms with van der Waals surface area (Å²) in [6.07, 6.45) is -2.74. The Hall–Kier alpha value is -1.48. The van der Waals surface area contributed by atoms with Gasteiger partial charge in [-0.05, 0) is 7.05 Å². The van der Waals surface area contributed by atoms with Crippen molar-refractivity contribution >= 4 is 11.3 Å². The first kappa shape index (κ1) is 12.0. The van der Waals surface area contributed by atoms with Crippen LogP contribution in [-0.4, -0.2) is 27.0 Å². The Kier molecular flexibility index (Phi) is 3.11. The summed E-state index contributed by atoms with van der Waals surface area (Å²) in [6, 6.07) is 0. The lowest BCUT2D eigenvalue weighted by Gasteiger charge is -1.99. The Morgan fingerprint density at radius 2 is 2.18 bits per heavy atom. The lowest BCUT2D eigenvalue weighted by atomic mass is 10.4. The van der Waals surface area contributed by atoms with Gasteiger partial charge in [0, 0.05) is 12.7 Å². The second kappa shape index (κ2) is 4.41. The van der Waals surface area contributed by atoms with E-state index in [1.807, 2.05) is 0 Å². The minimum Gasteiger partial charge on any atom is -0.313 e. The second-order valence-electron chi connectivity index (χ2n) is 3.18. The maximum atomic E-state index is 12.3. The van der Waals surface area contributed by atoms with Crippen molar-refractivity contribution in [1.29, 1.82) is 0 Å². The van der Waals surface area contributed by atoms with E-state index >= 15 is 0 Å². The van der Waals surface area contributed by atoms with Crippen molar-refractivity contribution in [3.05, 3.63) is 23.0 Å². The zero-order valence-corrected chi connectivity index (χ0v) is 9.51. The van der Waals surface area contributed by atoms with Crippen LogP contribution in [0.15, 0.2) is 12.4 Å². The van der Waals surface area contributed by atoms with Crippen LogP contribution in [0.4, 0.5) is 13.2 Å². The molecule has 0 atom stereocenters. The number of hydrogen-bond donors (Lipinski definition) is 1. The van der Waals surface area contributed by atoms with E-state index in [0.717, 1.165) is 17.1 Å². The molecule has 0 aliphatic heterocycles. The summed E-state index contributed by atoms with van der Waals surface area (Å²) in [5.74, 6) is 0. The molecule has 0 unspecified atom stereocenters. The van der Waals surface area contributed by atoms with Crippen LogP contribution in [0.5, 0.6) is 0 Å². The molecule has 0 aromatic carbocycles.